The number of benzene rings is 1. The van der Waals surface area contributed by atoms with Gasteiger partial charge in [-0.3, -0.25) is 9.48 Å². The van der Waals surface area contributed by atoms with Gasteiger partial charge in [-0.15, -0.1) is 0 Å². The van der Waals surface area contributed by atoms with Crippen LogP contribution in [0, 0.1) is 6.92 Å². The molecule has 1 atom stereocenters. The van der Waals surface area contributed by atoms with Gasteiger partial charge >= 0.3 is 0 Å². The third-order valence-electron chi connectivity index (χ3n) is 4.58. The predicted octanol–water partition coefficient (Wildman–Crippen LogP) is 2.06. The second kappa shape index (κ2) is 6.68. The normalized spacial score (nSPS) is 18.0. The molecule has 130 valence electrons. The quantitative estimate of drug-likeness (QED) is 0.789. The maximum absolute atomic E-state index is 12.8. The van der Waals surface area contributed by atoms with Crippen LogP contribution in [0.5, 0.6) is 0 Å². The fourth-order valence-electron chi connectivity index (χ4n) is 3.28. The number of amides is 1. The summed E-state index contributed by atoms with van der Waals surface area (Å²) >= 11 is 0. The molecule has 0 aliphatic carbocycles. The molecule has 25 heavy (non-hydrogen) atoms. The molecule has 0 radical (unpaired) electrons. The number of hydrogen-bond donors (Lipinski definition) is 1. The average molecular weight is 339 g/mol. The van der Waals surface area contributed by atoms with Crippen molar-refractivity contribution in [3.63, 3.8) is 0 Å². The van der Waals surface area contributed by atoms with Crippen LogP contribution in [0.25, 0.3) is 10.9 Å². The number of aryl methyl sites for hydroxylation is 2. The summed E-state index contributed by atoms with van der Waals surface area (Å²) in [6, 6.07) is 7.88. The average Bonchev–Trinajstić information content (AvgIpc) is 3.26. The number of fused-ring (bicyclic) bond motifs is 1. The number of H-pyrrole nitrogens is 1. The number of nitrogens with one attached hydrogen (secondary N) is 1. The third kappa shape index (κ3) is 3.15. The Bertz CT molecular complexity index is 884. The van der Waals surface area contributed by atoms with Crippen molar-refractivity contribution < 1.29 is 9.53 Å². The lowest BCUT2D eigenvalue weighted by Gasteiger charge is -2.34. The Kier molecular flexibility index (Phi) is 4.23. The summed E-state index contributed by atoms with van der Waals surface area (Å²) in [6.45, 7) is 4.14. The summed E-state index contributed by atoms with van der Waals surface area (Å²) in [7, 11) is 0. The van der Waals surface area contributed by atoms with Crippen LogP contribution in [-0.4, -0.2) is 50.3 Å². The summed E-state index contributed by atoms with van der Waals surface area (Å²) in [5, 5.41) is 5.48. The zero-order valence-electron chi connectivity index (χ0n) is 14.2. The van der Waals surface area contributed by atoms with Crippen molar-refractivity contribution in [2.24, 2.45) is 0 Å². The van der Waals surface area contributed by atoms with Crippen molar-refractivity contribution in [1.82, 2.24) is 24.6 Å². The van der Waals surface area contributed by atoms with Gasteiger partial charge in [-0.25, -0.2) is 4.98 Å². The van der Waals surface area contributed by atoms with Gasteiger partial charge in [-0.2, -0.15) is 5.10 Å². The SMILES string of the molecule is Cc1cnc(C2COCCN2C(=O)CCn2ncc3ccccc32)[nH]1. The molecule has 3 heterocycles. The molecule has 3 aromatic rings. The fourth-order valence-corrected chi connectivity index (χ4v) is 3.28. The molecule has 1 aromatic carbocycles. The molecule has 1 aliphatic heterocycles. The van der Waals surface area contributed by atoms with Gasteiger partial charge in [0.15, 0.2) is 0 Å². The third-order valence-corrected chi connectivity index (χ3v) is 4.58. The van der Waals surface area contributed by atoms with Crippen molar-refractivity contribution in [2.45, 2.75) is 25.9 Å². The lowest BCUT2D eigenvalue weighted by Crippen LogP contribution is -2.44. The minimum Gasteiger partial charge on any atom is -0.377 e. The number of carbonyl (C=O) groups is 1. The highest BCUT2D eigenvalue weighted by atomic mass is 16.5. The molecule has 1 amide bonds. The van der Waals surface area contributed by atoms with Crippen molar-refractivity contribution in [3.8, 4) is 0 Å². The Balaban J connectivity index is 1.47. The molecular weight excluding hydrogens is 318 g/mol. The van der Waals surface area contributed by atoms with Crippen LogP contribution < -0.4 is 0 Å². The highest BCUT2D eigenvalue weighted by Crippen LogP contribution is 2.23. The van der Waals surface area contributed by atoms with Gasteiger partial charge in [-0.1, -0.05) is 18.2 Å². The topological polar surface area (TPSA) is 76.0 Å². The zero-order chi connectivity index (χ0) is 17.2. The van der Waals surface area contributed by atoms with E-state index in [2.05, 4.69) is 15.1 Å². The summed E-state index contributed by atoms with van der Waals surface area (Å²) in [5.41, 5.74) is 2.03. The van der Waals surface area contributed by atoms with Gasteiger partial charge in [-0.05, 0) is 13.0 Å². The monoisotopic (exact) mass is 339 g/mol. The Morgan fingerprint density at radius 3 is 3.08 bits per heavy atom. The first-order chi connectivity index (χ1) is 12.2. The number of morpholine rings is 1. The maximum Gasteiger partial charge on any atom is 0.225 e. The Morgan fingerprint density at radius 2 is 2.24 bits per heavy atom. The molecule has 2 aromatic heterocycles. The summed E-state index contributed by atoms with van der Waals surface area (Å²) in [5.74, 6) is 0.886. The van der Waals surface area contributed by atoms with E-state index in [1.54, 1.807) is 6.20 Å². The van der Waals surface area contributed by atoms with Crippen molar-refractivity contribution in [2.75, 3.05) is 19.8 Å². The van der Waals surface area contributed by atoms with Gasteiger partial charge in [0.2, 0.25) is 5.91 Å². The van der Waals surface area contributed by atoms with Crippen molar-refractivity contribution in [3.05, 3.63) is 48.2 Å². The molecule has 1 N–H and O–H groups in total. The molecule has 1 aliphatic rings. The number of rotatable bonds is 4. The summed E-state index contributed by atoms with van der Waals surface area (Å²) in [4.78, 5) is 22.3. The molecule has 4 rings (SSSR count). The highest BCUT2D eigenvalue weighted by molar-refractivity contribution is 5.79. The van der Waals surface area contributed by atoms with Crippen LogP contribution in [-0.2, 0) is 16.1 Å². The number of hydrogen-bond acceptors (Lipinski definition) is 4. The number of nitrogens with zero attached hydrogens (tertiary/aromatic N) is 4. The van der Waals surface area contributed by atoms with E-state index in [0.717, 1.165) is 22.4 Å². The van der Waals surface area contributed by atoms with Crippen molar-refractivity contribution in [1.29, 1.82) is 0 Å². The summed E-state index contributed by atoms with van der Waals surface area (Å²) in [6.07, 6.45) is 4.02. The van der Waals surface area contributed by atoms with E-state index in [4.69, 9.17) is 4.74 Å². The van der Waals surface area contributed by atoms with Crippen LogP contribution in [0.1, 0.15) is 24.0 Å². The molecule has 1 unspecified atom stereocenters. The summed E-state index contributed by atoms with van der Waals surface area (Å²) < 4.78 is 7.45. The first-order valence-corrected chi connectivity index (χ1v) is 8.51. The molecule has 0 saturated carbocycles. The van der Waals surface area contributed by atoms with E-state index in [9.17, 15) is 4.79 Å². The van der Waals surface area contributed by atoms with E-state index in [0.29, 0.717) is 32.7 Å². The largest absolute Gasteiger partial charge is 0.377 e. The fraction of sp³-hybridized carbons (Fsp3) is 0.389. The Morgan fingerprint density at radius 1 is 1.36 bits per heavy atom. The first kappa shape index (κ1) is 15.8. The van der Waals surface area contributed by atoms with Crippen LogP contribution in [0.15, 0.2) is 36.7 Å². The van der Waals surface area contributed by atoms with E-state index in [1.807, 2.05) is 47.0 Å². The number of ether oxygens (including phenoxy) is 1. The van der Waals surface area contributed by atoms with Gasteiger partial charge in [0, 0.05) is 30.2 Å². The number of carbonyl (C=O) groups excluding carboxylic acids is 1. The van der Waals surface area contributed by atoms with Crippen LogP contribution >= 0.6 is 0 Å². The van der Waals surface area contributed by atoms with Gasteiger partial charge in [0.1, 0.15) is 11.9 Å². The van der Waals surface area contributed by atoms with E-state index >= 15 is 0 Å². The lowest BCUT2D eigenvalue weighted by atomic mass is 10.2. The second-order valence-electron chi connectivity index (χ2n) is 6.31. The van der Waals surface area contributed by atoms with E-state index < -0.39 is 0 Å². The predicted molar refractivity (Wildman–Crippen MR) is 92.9 cm³/mol. The Hall–Kier alpha value is -2.67. The molecule has 0 bridgehead atoms. The molecule has 1 saturated heterocycles. The van der Waals surface area contributed by atoms with E-state index in [1.165, 1.54) is 0 Å². The molecular formula is C18H21N5O2. The minimum atomic E-state index is -0.149. The van der Waals surface area contributed by atoms with Crippen LogP contribution in [0.3, 0.4) is 0 Å². The van der Waals surface area contributed by atoms with Crippen LogP contribution in [0.4, 0.5) is 0 Å². The minimum absolute atomic E-state index is 0.0990. The van der Waals surface area contributed by atoms with Gasteiger partial charge in [0.25, 0.3) is 0 Å². The van der Waals surface area contributed by atoms with Gasteiger partial charge < -0.3 is 14.6 Å². The standard InChI is InChI=1S/C18H21N5O2/c1-13-10-19-18(21-13)16-12-25-9-8-22(16)17(24)6-7-23-15-5-3-2-4-14(15)11-20-23/h2-5,10-11,16H,6-9,12H2,1H3,(H,19,21). The maximum atomic E-state index is 12.8. The second-order valence-corrected chi connectivity index (χ2v) is 6.31. The number of imidazole rings is 1. The Labute approximate surface area is 145 Å². The number of aromatic nitrogens is 4. The van der Waals surface area contributed by atoms with E-state index in [-0.39, 0.29) is 11.9 Å². The zero-order valence-corrected chi connectivity index (χ0v) is 14.2. The molecule has 7 nitrogen and oxygen atoms in total. The van der Waals surface area contributed by atoms with Gasteiger partial charge in [0.05, 0.1) is 31.5 Å². The molecule has 1 fully saturated rings. The van der Waals surface area contributed by atoms with Crippen molar-refractivity contribution >= 4 is 16.8 Å². The lowest BCUT2D eigenvalue weighted by molar-refractivity contribution is -0.140. The van der Waals surface area contributed by atoms with Crippen LogP contribution in [0.2, 0.25) is 0 Å². The first-order valence-electron chi connectivity index (χ1n) is 8.51. The molecule has 0 spiro atoms. The highest BCUT2D eigenvalue weighted by Gasteiger charge is 2.30. The number of para-hydroxylation sites is 1. The number of aromatic amines is 1. The smallest absolute Gasteiger partial charge is 0.225 e. The molecule has 7 heteroatoms.